The number of aromatic nitrogens is 1. The molecule has 0 atom stereocenters. The maximum absolute atomic E-state index is 11.9. The quantitative estimate of drug-likeness (QED) is 0.822. The summed E-state index contributed by atoms with van der Waals surface area (Å²) in [6.45, 7) is 7.01. The highest BCUT2D eigenvalue weighted by molar-refractivity contribution is 5.79. The molecule has 1 aromatic carbocycles. The van der Waals surface area contributed by atoms with Gasteiger partial charge in [0.15, 0.2) is 0 Å². The molecule has 0 saturated heterocycles. The monoisotopic (exact) mass is 231 g/mol. The van der Waals surface area contributed by atoms with Gasteiger partial charge in [-0.25, -0.2) is 0 Å². The van der Waals surface area contributed by atoms with E-state index >= 15 is 0 Å². The highest BCUT2D eigenvalue weighted by Gasteiger charge is 2.05. The summed E-state index contributed by atoms with van der Waals surface area (Å²) in [5.74, 6) is 0. The van der Waals surface area contributed by atoms with Crippen molar-refractivity contribution in [1.82, 2.24) is 4.98 Å². The molecule has 0 unspecified atom stereocenters. The Balaban J connectivity index is 2.41. The van der Waals surface area contributed by atoms with E-state index in [1.807, 2.05) is 19.1 Å². The minimum Gasteiger partial charge on any atom is -0.340 e. The average Bonchev–Trinajstić information content (AvgIpc) is 2.26. The summed E-state index contributed by atoms with van der Waals surface area (Å²) < 4.78 is 0. The minimum atomic E-state index is 0.0278. The third-order valence-corrected chi connectivity index (χ3v) is 2.89. The van der Waals surface area contributed by atoms with E-state index < -0.39 is 0 Å². The van der Waals surface area contributed by atoms with Gasteiger partial charge in [0.1, 0.15) is 6.54 Å². The Bertz CT molecular complexity index is 584. The van der Waals surface area contributed by atoms with Crippen LogP contribution in [0, 0.1) is 6.92 Å². The van der Waals surface area contributed by atoms with Gasteiger partial charge in [-0.2, -0.15) is 0 Å². The second-order valence-electron chi connectivity index (χ2n) is 4.90. The fourth-order valence-electron chi connectivity index (χ4n) is 1.87. The number of aromatic amines is 1. The number of benzene rings is 1. The van der Waals surface area contributed by atoms with Crippen LogP contribution in [0.15, 0.2) is 29.1 Å². The lowest BCUT2D eigenvalue weighted by atomic mass is 10.1. The van der Waals surface area contributed by atoms with Gasteiger partial charge in [-0.05, 0) is 43.9 Å². The van der Waals surface area contributed by atoms with Gasteiger partial charge in [-0.3, -0.25) is 4.79 Å². The van der Waals surface area contributed by atoms with Crippen LogP contribution in [0.3, 0.4) is 0 Å². The summed E-state index contributed by atoms with van der Waals surface area (Å²) in [6.07, 6.45) is 0. The van der Waals surface area contributed by atoms with Gasteiger partial charge < -0.3 is 10.3 Å². The molecule has 2 rings (SSSR count). The van der Waals surface area contributed by atoms with Gasteiger partial charge in [0, 0.05) is 5.52 Å². The van der Waals surface area contributed by atoms with Crippen molar-refractivity contribution in [3.63, 3.8) is 0 Å². The normalized spacial score (nSPS) is 11.3. The highest BCUT2D eigenvalue weighted by Crippen LogP contribution is 2.12. The molecule has 0 amide bonds. The first-order valence-corrected chi connectivity index (χ1v) is 6.02. The Morgan fingerprint density at radius 3 is 2.76 bits per heavy atom. The molecule has 0 saturated carbocycles. The highest BCUT2D eigenvalue weighted by atomic mass is 16.1. The fourth-order valence-corrected chi connectivity index (χ4v) is 1.87. The van der Waals surface area contributed by atoms with Crippen LogP contribution >= 0.6 is 0 Å². The van der Waals surface area contributed by atoms with E-state index in [2.05, 4.69) is 36.3 Å². The third kappa shape index (κ3) is 2.74. The Kier molecular flexibility index (Phi) is 3.29. The molecule has 17 heavy (non-hydrogen) atoms. The summed E-state index contributed by atoms with van der Waals surface area (Å²) >= 11 is 0. The van der Waals surface area contributed by atoms with Gasteiger partial charge in [0.05, 0.1) is 11.6 Å². The zero-order chi connectivity index (χ0) is 12.4. The van der Waals surface area contributed by atoms with E-state index in [9.17, 15) is 4.79 Å². The lowest BCUT2D eigenvalue weighted by Gasteiger charge is -2.06. The predicted octanol–water partition coefficient (Wildman–Crippen LogP) is 1.31. The van der Waals surface area contributed by atoms with Crippen molar-refractivity contribution >= 4 is 10.9 Å². The largest absolute Gasteiger partial charge is 0.340 e. The number of rotatable bonds is 3. The van der Waals surface area contributed by atoms with Crippen molar-refractivity contribution < 1.29 is 5.32 Å². The van der Waals surface area contributed by atoms with Gasteiger partial charge in [0.25, 0.3) is 5.56 Å². The number of nitrogens with two attached hydrogens (primary N) is 1. The number of pyridine rings is 1. The minimum absolute atomic E-state index is 0.0278. The van der Waals surface area contributed by atoms with E-state index in [-0.39, 0.29) is 5.56 Å². The zero-order valence-electron chi connectivity index (χ0n) is 10.6. The van der Waals surface area contributed by atoms with Crippen LogP contribution in [-0.2, 0) is 6.54 Å². The van der Waals surface area contributed by atoms with E-state index in [4.69, 9.17) is 0 Å². The number of hydrogen-bond donors (Lipinski definition) is 2. The molecular formula is C14H19N2O+. The first-order valence-electron chi connectivity index (χ1n) is 6.02. The molecule has 0 spiro atoms. The van der Waals surface area contributed by atoms with Gasteiger partial charge >= 0.3 is 0 Å². The van der Waals surface area contributed by atoms with E-state index in [1.165, 1.54) is 0 Å². The van der Waals surface area contributed by atoms with Crippen LogP contribution in [-0.4, -0.2) is 11.0 Å². The van der Waals surface area contributed by atoms with Crippen molar-refractivity contribution in [3.8, 4) is 0 Å². The van der Waals surface area contributed by atoms with Crippen molar-refractivity contribution in [2.24, 2.45) is 0 Å². The number of H-pyrrole nitrogens is 1. The van der Waals surface area contributed by atoms with Crippen LogP contribution in [0.25, 0.3) is 10.9 Å². The number of hydrogen-bond acceptors (Lipinski definition) is 1. The molecule has 0 aliphatic rings. The lowest BCUT2D eigenvalue weighted by Crippen LogP contribution is -2.87. The van der Waals surface area contributed by atoms with Crippen molar-refractivity contribution in [1.29, 1.82) is 0 Å². The smallest absolute Gasteiger partial charge is 0.257 e. The molecule has 0 radical (unpaired) electrons. The van der Waals surface area contributed by atoms with Crippen LogP contribution in [0.1, 0.15) is 25.0 Å². The maximum Gasteiger partial charge on any atom is 0.257 e. The fraction of sp³-hybridized carbons (Fsp3) is 0.357. The topological polar surface area (TPSA) is 49.5 Å². The molecule has 90 valence electrons. The third-order valence-electron chi connectivity index (χ3n) is 2.89. The first kappa shape index (κ1) is 11.9. The summed E-state index contributed by atoms with van der Waals surface area (Å²) in [6, 6.07) is 8.62. The molecule has 0 fully saturated rings. The Labute approximate surface area is 101 Å². The van der Waals surface area contributed by atoms with E-state index in [1.54, 1.807) is 0 Å². The Morgan fingerprint density at radius 2 is 2.06 bits per heavy atom. The molecule has 1 aromatic heterocycles. The molecule has 1 heterocycles. The summed E-state index contributed by atoms with van der Waals surface area (Å²) in [4.78, 5) is 14.8. The second-order valence-corrected chi connectivity index (χ2v) is 4.90. The van der Waals surface area contributed by atoms with Crippen LogP contribution in [0.2, 0.25) is 0 Å². The molecule has 2 aromatic rings. The van der Waals surface area contributed by atoms with Crippen molar-refractivity contribution in [2.75, 3.05) is 0 Å². The lowest BCUT2D eigenvalue weighted by molar-refractivity contribution is -0.698. The van der Waals surface area contributed by atoms with Gasteiger partial charge in [-0.1, -0.05) is 12.1 Å². The second kappa shape index (κ2) is 4.72. The molecule has 0 aliphatic heterocycles. The van der Waals surface area contributed by atoms with Crippen molar-refractivity contribution in [2.45, 2.75) is 33.4 Å². The molecular weight excluding hydrogens is 212 g/mol. The number of aryl methyl sites for hydroxylation is 1. The molecule has 3 nitrogen and oxygen atoms in total. The van der Waals surface area contributed by atoms with Crippen LogP contribution in [0.5, 0.6) is 0 Å². The molecule has 3 N–H and O–H groups in total. The van der Waals surface area contributed by atoms with Gasteiger partial charge in [-0.15, -0.1) is 0 Å². The van der Waals surface area contributed by atoms with Crippen molar-refractivity contribution in [3.05, 3.63) is 45.7 Å². The summed E-state index contributed by atoms with van der Waals surface area (Å²) in [5.41, 5.74) is 2.95. The first-order chi connectivity index (χ1) is 8.06. The van der Waals surface area contributed by atoms with Gasteiger partial charge in [0.2, 0.25) is 0 Å². The standard InChI is InChI=1S/C14H18N2O/c1-9(2)15-8-12-7-11-5-4-10(3)6-13(11)16-14(12)17/h4-7,9,15H,8H2,1-3H3,(H,16,17)/p+1. The Morgan fingerprint density at radius 1 is 1.29 bits per heavy atom. The number of nitrogens with one attached hydrogen (secondary N) is 1. The maximum atomic E-state index is 11.9. The SMILES string of the molecule is Cc1ccc2cc(C[NH2+]C(C)C)c(=O)[nH]c2c1. The Hall–Kier alpha value is -1.61. The molecule has 3 heteroatoms. The average molecular weight is 231 g/mol. The van der Waals surface area contributed by atoms with E-state index in [0.29, 0.717) is 6.04 Å². The summed E-state index contributed by atoms with van der Waals surface area (Å²) in [5, 5.41) is 3.26. The van der Waals surface area contributed by atoms with E-state index in [0.717, 1.165) is 28.6 Å². The summed E-state index contributed by atoms with van der Waals surface area (Å²) in [7, 11) is 0. The predicted molar refractivity (Wildman–Crippen MR) is 70.1 cm³/mol. The zero-order valence-corrected chi connectivity index (χ0v) is 10.6. The number of fused-ring (bicyclic) bond motifs is 1. The number of quaternary nitrogens is 1. The molecule has 0 bridgehead atoms. The van der Waals surface area contributed by atoms with Crippen LogP contribution in [0.4, 0.5) is 0 Å². The van der Waals surface area contributed by atoms with Crippen LogP contribution < -0.4 is 10.9 Å². The molecule has 0 aliphatic carbocycles.